The van der Waals surface area contributed by atoms with E-state index < -0.39 is 12.8 Å². The van der Waals surface area contributed by atoms with Crippen molar-refractivity contribution < 1.29 is 23.0 Å². The van der Waals surface area contributed by atoms with Crippen LogP contribution in [-0.2, 0) is 4.74 Å². The summed E-state index contributed by atoms with van der Waals surface area (Å²) >= 11 is 0. The Labute approximate surface area is 94.0 Å². The van der Waals surface area contributed by atoms with E-state index in [0.29, 0.717) is 6.54 Å². The Hall–Kier alpha value is -0.330. The first-order chi connectivity index (χ1) is 7.56. The molecular formula is C10H20F3NO2. The van der Waals surface area contributed by atoms with Gasteiger partial charge in [-0.3, -0.25) is 0 Å². The fourth-order valence-corrected chi connectivity index (χ4v) is 1.17. The van der Waals surface area contributed by atoms with E-state index in [2.05, 4.69) is 10.1 Å². The number of ether oxygens (including phenoxy) is 1. The molecule has 0 aromatic rings. The van der Waals surface area contributed by atoms with Gasteiger partial charge in [-0.1, -0.05) is 12.8 Å². The number of nitrogens with one attached hydrogen (secondary N) is 1. The summed E-state index contributed by atoms with van der Waals surface area (Å²) in [5.41, 5.74) is 0. The minimum Gasteiger partial charge on any atom is -0.396 e. The lowest BCUT2D eigenvalue weighted by atomic mass is 10.2. The van der Waals surface area contributed by atoms with E-state index in [4.69, 9.17) is 5.11 Å². The molecule has 0 aliphatic heterocycles. The van der Waals surface area contributed by atoms with E-state index in [9.17, 15) is 13.2 Å². The molecule has 0 aromatic carbocycles. The highest BCUT2D eigenvalue weighted by atomic mass is 19.4. The zero-order chi connectivity index (χ0) is 12.3. The first-order valence-corrected chi connectivity index (χ1v) is 5.52. The van der Waals surface area contributed by atoms with Crippen LogP contribution in [-0.4, -0.2) is 44.2 Å². The SMILES string of the molecule is OCCCCCCNCCOCC(F)(F)F. The predicted octanol–water partition coefficient (Wildman–Crippen LogP) is 1.71. The van der Waals surface area contributed by atoms with Crippen molar-refractivity contribution in [3.05, 3.63) is 0 Å². The van der Waals surface area contributed by atoms with Gasteiger partial charge in [-0.15, -0.1) is 0 Å². The third-order valence-corrected chi connectivity index (χ3v) is 1.95. The van der Waals surface area contributed by atoms with Gasteiger partial charge >= 0.3 is 6.18 Å². The van der Waals surface area contributed by atoms with E-state index >= 15 is 0 Å². The third-order valence-electron chi connectivity index (χ3n) is 1.95. The number of aliphatic hydroxyl groups is 1. The Morgan fingerprint density at radius 3 is 2.31 bits per heavy atom. The third kappa shape index (κ3) is 13.7. The van der Waals surface area contributed by atoms with E-state index in [1.807, 2.05) is 0 Å². The van der Waals surface area contributed by atoms with Crippen LogP contribution < -0.4 is 5.32 Å². The van der Waals surface area contributed by atoms with Gasteiger partial charge in [0.15, 0.2) is 0 Å². The largest absolute Gasteiger partial charge is 0.411 e. The molecule has 0 amide bonds. The lowest BCUT2D eigenvalue weighted by Gasteiger charge is -2.08. The molecule has 6 heteroatoms. The Morgan fingerprint density at radius 2 is 1.69 bits per heavy atom. The predicted molar refractivity (Wildman–Crippen MR) is 55.3 cm³/mol. The lowest BCUT2D eigenvalue weighted by molar-refractivity contribution is -0.173. The molecule has 0 fully saturated rings. The van der Waals surface area contributed by atoms with Gasteiger partial charge in [0, 0.05) is 13.2 Å². The van der Waals surface area contributed by atoms with Crippen LogP contribution in [0.2, 0.25) is 0 Å². The first kappa shape index (κ1) is 15.7. The van der Waals surface area contributed by atoms with Gasteiger partial charge in [0.05, 0.1) is 6.61 Å². The summed E-state index contributed by atoms with van der Waals surface area (Å²) in [5.74, 6) is 0. The second kappa shape index (κ2) is 9.86. The van der Waals surface area contributed by atoms with Crippen molar-refractivity contribution >= 4 is 0 Å². The highest BCUT2D eigenvalue weighted by molar-refractivity contribution is 4.50. The van der Waals surface area contributed by atoms with Gasteiger partial charge < -0.3 is 15.2 Å². The number of hydrogen-bond acceptors (Lipinski definition) is 3. The van der Waals surface area contributed by atoms with Crippen molar-refractivity contribution in [3.63, 3.8) is 0 Å². The molecule has 0 aliphatic carbocycles. The van der Waals surface area contributed by atoms with Crippen molar-refractivity contribution in [1.29, 1.82) is 0 Å². The number of rotatable bonds is 10. The molecule has 0 saturated carbocycles. The summed E-state index contributed by atoms with van der Waals surface area (Å²) in [6, 6.07) is 0. The Kier molecular flexibility index (Phi) is 9.66. The molecule has 0 atom stereocenters. The van der Waals surface area contributed by atoms with Crippen LogP contribution in [0.15, 0.2) is 0 Å². The second-order valence-corrected chi connectivity index (χ2v) is 3.56. The maximum Gasteiger partial charge on any atom is 0.411 e. The first-order valence-electron chi connectivity index (χ1n) is 5.52. The summed E-state index contributed by atoms with van der Waals surface area (Å²) in [4.78, 5) is 0. The molecule has 0 heterocycles. The summed E-state index contributed by atoms with van der Waals surface area (Å²) in [7, 11) is 0. The minimum atomic E-state index is -4.23. The van der Waals surface area contributed by atoms with Gasteiger partial charge in [-0.05, 0) is 19.4 Å². The van der Waals surface area contributed by atoms with Gasteiger partial charge in [-0.2, -0.15) is 13.2 Å². The standard InChI is InChI=1S/C10H20F3NO2/c11-10(12,13)9-16-8-6-14-5-3-1-2-4-7-15/h14-15H,1-9H2. The van der Waals surface area contributed by atoms with E-state index in [-0.39, 0.29) is 13.2 Å². The maximum atomic E-state index is 11.6. The number of alkyl halides is 3. The molecule has 0 aromatic heterocycles. The Bertz CT molecular complexity index is 153. The molecule has 98 valence electrons. The molecule has 0 spiro atoms. The summed E-state index contributed by atoms with van der Waals surface area (Å²) < 4.78 is 39.3. The molecule has 0 unspecified atom stereocenters. The van der Waals surface area contributed by atoms with Crippen molar-refractivity contribution in [1.82, 2.24) is 5.32 Å². The van der Waals surface area contributed by atoms with Gasteiger partial charge in [0.25, 0.3) is 0 Å². The summed E-state index contributed by atoms with van der Waals surface area (Å²) in [6.45, 7) is 0.344. The van der Waals surface area contributed by atoms with Crippen molar-refractivity contribution in [3.8, 4) is 0 Å². The van der Waals surface area contributed by atoms with Crippen LogP contribution in [0.4, 0.5) is 13.2 Å². The Morgan fingerprint density at radius 1 is 1.00 bits per heavy atom. The lowest BCUT2D eigenvalue weighted by Crippen LogP contribution is -2.24. The molecule has 0 bridgehead atoms. The zero-order valence-electron chi connectivity index (χ0n) is 9.35. The minimum absolute atomic E-state index is 0.0795. The highest BCUT2D eigenvalue weighted by Crippen LogP contribution is 2.13. The highest BCUT2D eigenvalue weighted by Gasteiger charge is 2.27. The fraction of sp³-hybridized carbons (Fsp3) is 1.00. The van der Waals surface area contributed by atoms with Crippen molar-refractivity contribution in [2.24, 2.45) is 0 Å². The molecule has 0 saturated heterocycles. The van der Waals surface area contributed by atoms with Crippen LogP contribution in [0.5, 0.6) is 0 Å². The maximum absolute atomic E-state index is 11.6. The van der Waals surface area contributed by atoms with E-state index in [1.54, 1.807) is 0 Å². The Balaban J connectivity index is 2.99. The molecule has 0 radical (unpaired) electrons. The van der Waals surface area contributed by atoms with Gasteiger partial charge in [-0.25, -0.2) is 0 Å². The van der Waals surface area contributed by atoms with E-state index in [1.165, 1.54) is 0 Å². The number of hydrogen-bond donors (Lipinski definition) is 2. The second-order valence-electron chi connectivity index (χ2n) is 3.56. The van der Waals surface area contributed by atoms with Crippen LogP contribution in [0.25, 0.3) is 0 Å². The average molecular weight is 243 g/mol. The molecule has 2 N–H and O–H groups in total. The summed E-state index contributed by atoms with van der Waals surface area (Å²) in [5, 5.41) is 11.5. The average Bonchev–Trinajstić information content (AvgIpc) is 2.19. The molecule has 0 rings (SSSR count). The van der Waals surface area contributed by atoms with Crippen LogP contribution >= 0.6 is 0 Å². The summed E-state index contributed by atoms with van der Waals surface area (Å²) in [6.07, 6.45) is -0.433. The van der Waals surface area contributed by atoms with Gasteiger partial charge in [0.1, 0.15) is 6.61 Å². The zero-order valence-corrected chi connectivity index (χ0v) is 9.35. The van der Waals surface area contributed by atoms with Crippen LogP contribution in [0.3, 0.4) is 0 Å². The molecule has 16 heavy (non-hydrogen) atoms. The smallest absolute Gasteiger partial charge is 0.396 e. The topological polar surface area (TPSA) is 41.5 Å². The number of unbranched alkanes of at least 4 members (excludes halogenated alkanes) is 3. The molecule has 3 nitrogen and oxygen atoms in total. The van der Waals surface area contributed by atoms with Crippen molar-refractivity contribution in [2.75, 3.05) is 32.9 Å². The van der Waals surface area contributed by atoms with Crippen LogP contribution in [0.1, 0.15) is 25.7 Å². The van der Waals surface area contributed by atoms with E-state index in [0.717, 1.165) is 32.2 Å². The molecule has 0 aliphatic rings. The normalized spacial score (nSPS) is 12.0. The monoisotopic (exact) mass is 243 g/mol. The van der Waals surface area contributed by atoms with Crippen LogP contribution in [0, 0.1) is 0 Å². The van der Waals surface area contributed by atoms with Crippen molar-refractivity contribution in [2.45, 2.75) is 31.9 Å². The number of halogens is 3. The van der Waals surface area contributed by atoms with Gasteiger partial charge in [0.2, 0.25) is 0 Å². The molecular weight excluding hydrogens is 223 g/mol. The fourth-order valence-electron chi connectivity index (χ4n) is 1.17. The number of aliphatic hydroxyl groups excluding tert-OH is 1. The quantitative estimate of drug-likeness (QED) is 0.574.